The van der Waals surface area contributed by atoms with Gasteiger partial charge < -0.3 is 9.15 Å². The Morgan fingerprint density at radius 3 is 2.71 bits per heavy atom. The van der Waals surface area contributed by atoms with E-state index in [1.165, 1.54) is 20.1 Å². The third-order valence-electron chi connectivity index (χ3n) is 1.36. The van der Waals surface area contributed by atoms with Gasteiger partial charge in [-0.15, -0.1) is 0 Å². The maximum Gasteiger partial charge on any atom is 0.374 e. The third-order valence-corrected chi connectivity index (χ3v) is 1.95. The lowest BCUT2D eigenvalue weighted by Gasteiger charge is -1.96. The fourth-order valence-corrected chi connectivity index (χ4v) is 1.20. The van der Waals surface area contributed by atoms with Crippen molar-refractivity contribution in [1.82, 2.24) is 0 Å². The monoisotopic (exact) mass is 261 g/mol. The van der Waals surface area contributed by atoms with Crippen LogP contribution in [0.15, 0.2) is 15.0 Å². The Hall–Kier alpha value is -1.30. The maximum absolute atomic E-state index is 11.0. The molecule has 0 bridgehead atoms. The highest BCUT2D eigenvalue weighted by Gasteiger charge is 2.16. The van der Waals surface area contributed by atoms with Crippen molar-refractivity contribution in [2.45, 2.75) is 6.92 Å². The highest BCUT2D eigenvalue weighted by molar-refractivity contribution is 9.10. The highest BCUT2D eigenvalue weighted by Crippen LogP contribution is 2.26. The Morgan fingerprint density at radius 2 is 2.21 bits per heavy atom. The minimum Gasteiger partial charge on any atom is -0.463 e. The normalized spacial score (nSPS) is 9.64. The summed E-state index contributed by atoms with van der Waals surface area (Å²) < 4.78 is 9.96. The van der Waals surface area contributed by atoms with Crippen molar-refractivity contribution in [1.29, 1.82) is 0 Å². The first-order valence-electron chi connectivity index (χ1n) is 3.70. The van der Waals surface area contributed by atoms with E-state index in [9.17, 15) is 9.59 Å². The summed E-state index contributed by atoms with van der Waals surface area (Å²) in [6.45, 7) is 1.34. The van der Waals surface area contributed by atoms with Gasteiger partial charge >= 0.3 is 5.97 Å². The van der Waals surface area contributed by atoms with Crippen LogP contribution in [0.2, 0.25) is 0 Å². The summed E-state index contributed by atoms with van der Waals surface area (Å²) in [7, 11) is 1.25. The molecule has 0 aromatic carbocycles. The molecule has 0 saturated carbocycles. The number of carbonyl (C=O) groups excluding carboxylic acids is 2. The number of anilines is 1. The molecule has 0 unspecified atom stereocenters. The largest absolute Gasteiger partial charge is 0.463 e. The number of halogens is 1. The van der Waals surface area contributed by atoms with Crippen LogP contribution in [-0.4, -0.2) is 19.0 Å². The van der Waals surface area contributed by atoms with Gasteiger partial charge in [0.15, 0.2) is 0 Å². The predicted octanol–water partition coefficient (Wildman–Crippen LogP) is 1.79. The van der Waals surface area contributed by atoms with Crippen LogP contribution in [0.5, 0.6) is 0 Å². The second kappa shape index (κ2) is 4.28. The molecule has 0 aliphatic rings. The topological polar surface area (TPSA) is 68.5 Å². The lowest BCUT2D eigenvalue weighted by molar-refractivity contribution is -0.114. The van der Waals surface area contributed by atoms with Gasteiger partial charge in [0.2, 0.25) is 17.6 Å². The lowest BCUT2D eigenvalue weighted by atomic mass is 10.4. The van der Waals surface area contributed by atoms with Crippen LogP contribution < -0.4 is 5.32 Å². The Balaban J connectivity index is 2.93. The molecule has 1 N–H and O–H groups in total. The Kier molecular flexibility index (Phi) is 3.29. The minimum atomic E-state index is -0.595. The van der Waals surface area contributed by atoms with Crippen LogP contribution >= 0.6 is 15.9 Å². The average Bonchev–Trinajstić information content (AvgIpc) is 2.46. The van der Waals surface area contributed by atoms with Crippen molar-refractivity contribution in [3.8, 4) is 0 Å². The summed E-state index contributed by atoms with van der Waals surface area (Å²) in [6.07, 6.45) is 0. The molecule has 0 aliphatic carbocycles. The summed E-state index contributed by atoms with van der Waals surface area (Å²) in [4.78, 5) is 21.7. The molecular weight excluding hydrogens is 254 g/mol. The number of ether oxygens (including phenoxy) is 1. The number of amides is 1. The molecule has 1 heterocycles. The van der Waals surface area contributed by atoms with Gasteiger partial charge in [-0.1, -0.05) is 0 Å². The second-order valence-electron chi connectivity index (χ2n) is 2.46. The van der Waals surface area contributed by atoms with Crippen LogP contribution in [-0.2, 0) is 9.53 Å². The van der Waals surface area contributed by atoms with Crippen molar-refractivity contribution in [3.05, 3.63) is 16.3 Å². The lowest BCUT2D eigenvalue weighted by Crippen LogP contribution is -2.05. The number of hydrogen-bond donors (Lipinski definition) is 1. The van der Waals surface area contributed by atoms with Crippen molar-refractivity contribution >= 4 is 33.7 Å². The number of nitrogens with one attached hydrogen (secondary N) is 1. The molecule has 6 heteroatoms. The van der Waals surface area contributed by atoms with E-state index in [0.29, 0.717) is 4.47 Å². The molecule has 0 atom stereocenters. The molecule has 0 fully saturated rings. The highest BCUT2D eigenvalue weighted by atomic mass is 79.9. The van der Waals surface area contributed by atoms with E-state index >= 15 is 0 Å². The zero-order valence-corrected chi connectivity index (χ0v) is 9.17. The number of methoxy groups -OCH3 is 1. The molecule has 0 saturated heterocycles. The van der Waals surface area contributed by atoms with Crippen LogP contribution in [0, 0.1) is 0 Å². The van der Waals surface area contributed by atoms with E-state index in [2.05, 4.69) is 26.0 Å². The zero-order valence-electron chi connectivity index (χ0n) is 7.59. The van der Waals surface area contributed by atoms with Crippen molar-refractivity contribution in [3.63, 3.8) is 0 Å². The van der Waals surface area contributed by atoms with Crippen LogP contribution in [0.25, 0.3) is 0 Å². The predicted molar refractivity (Wildman–Crippen MR) is 52.1 cm³/mol. The molecule has 1 amide bonds. The second-order valence-corrected chi connectivity index (χ2v) is 3.31. The molecule has 0 aliphatic heterocycles. The smallest absolute Gasteiger partial charge is 0.374 e. The molecule has 1 aromatic rings. The zero-order chi connectivity index (χ0) is 10.7. The van der Waals surface area contributed by atoms with Crippen molar-refractivity contribution in [2.75, 3.05) is 12.4 Å². The van der Waals surface area contributed by atoms with E-state index in [0.717, 1.165) is 0 Å². The van der Waals surface area contributed by atoms with Crippen LogP contribution in [0.1, 0.15) is 17.5 Å². The first-order valence-corrected chi connectivity index (χ1v) is 4.49. The number of carbonyl (C=O) groups is 2. The van der Waals surface area contributed by atoms with Gasteiger partial charge in [0.25, 0.3) is 0 Å². The molecule has 0 radical (unpaired) electrons. The Labute approximate surface area is 88.5 Å². The van der Waals surface area contributed by atoms with Crippen molar-refractivity contribution < 1.29 is 18.7 Å². The van der Waals surface area contributed by atoms with Gasteiger partial charge in [0, 0.05) is 13.0 Å². The fourth-order valence-electron chi connectivity index (χ4n) is 0.815. The van der Waals surface area contributed by atoms with Gasteiger partial charge in [-0.3, -0.25) is 10.1 Å². The van der Waals surface area contributed by atoms with E-state index in [1.54, 1.807) is 0 Å². The van der Waals surface area contributed by atoms with Gasteiger partial charge in [0.1, 0.15) is 0 Å². The number of hydrogen-bond acceptors (Lipinski definition) is 4. The van der Waals surface area contributed by atoms with Crippen LogP contribution in [0.3, 0.4) is 0 Å². The summed E-state index contributed by atoms with van der Waals surface area (Å²) in [5.74, 6) is -0.653. The van der Waals surface area contributed by atoms with Gasteiger partial charge in [-0.25, -0.2) is 4.79 Å². The van der Waals surface area contributed by atoms with E-state index in [1.807, 2.05) is 0 Å². The van der Waals surface area contributed by atoms with E-state index < -0.39 is 5.97 Å². The SMILES string of the molecule is COC(=O)c1cc(Br)c(NC(C)=O)o1. The van der Waals surface area contributed by atoms with Crippen molar-refractivity contribution in [2.24, 2.45) is 0 Å². The Morgan fingerprint density at radius 1 is 1.57 bits per heavy atom. The summed E-state index contributed by atoms with van der Waals surface area (Å²) in [6, 6.07) is 1.43. The summed E-state index contributed by atoms with van der Waals surface area (Å²) in [5, 5.41) is 2.41. The Bertz CT molecular complexity index is 371. The van der Waals surface area contributed by atoms with E-state index in [4.69, 9.17) is 4.42 Å². The van der Waals surface area contributed by atoms with Gasteiger partial charge in [-0.05, 0) is 15.9 Å². The van der Waals surface area contributed by atoms with Gasteiger partial charge in [-0.2, -0.15) is 0 Å². The average molecular weight is 262 g/mol. The maximum atomic E-state index is 11.0. The number of furan rings is 1. The molecule has 14 heavy (non-hydrogen) atoms. The molecule has 1 aromatic heterocycles. The molecule has 0 spiro atoms. The molecule has 1 rings (SSSR count). The quantitative estimate of drug-likeness (QED) is 0.825. The van der Waals surface area contributed by atoms with E-state index in [-0.39, 0.29) is 17.6 Å². The minimum absolute atomic E-state index is 0.0307. The molecule has 76 valence electrons. The third kappa shape index (κ3) is 2.35. The summed E-state index contributed by atoms with van der Waals surface area (Å²) in [5.41, 5.74) is 0. The number of esters is 1. The first kappa shape index (κ1) is 10.8. The number of rotatable bonds is 2. The summed E-state index contributed by atoms with van der Waals surface area (Å²) >= 11 is 3.13. The first-order chi connectivity index (χ1) is 6.54. The van der Waals surface area contributed by atoms with Crippen LogP contribution in [0.4, 0.5) is 5.88 Å². The van der Waals surface area contributed by atoms with Gasteiger partial charge in [0.05, 0.1) is 11.6 Å². The molecule has 5 nitrogen and oxygen atoms in total. The fraction of sp³-hybridized carbons (Fsp3) is 0.250. The standard InChI is InChI=1S/C8H8BrNO4/c1-4(11)10-7-5(9)3-6(14-7)8(12)13-2/h3H,1-2H3,(H,10,11). The molecular formula is C8H8BrNO4.